The van der Waals surface area contributed by atoms with E-state index in [0.717, 1.165) is 24.8 Å². The van der Waals surface area contributed by atoms with Gasteiger partial charge in [-0.2, -0.15) is 21.6 Å². The maximum Gasteiger partial charge on any atom is 0.416 e. The van der Waals surface area contributed by atoms with Gasteiger partial charge < -0.3 is 5.32 Å². The third kappa shape index (κ3) is 5.43. The van der Waals surface area contributed by atoms with Gasteiger partial charge in [0.1, 0.15) is 0 Å². The number of hydrogen-bond acceptors (Lipinski definition) is 5. The summed E-state index contributed by atoms with van der Waals surface area (Å²) in [6.45, 7) is 0.675. The Kier molecular flexibility index (Phi) is 6.11. The van der Waals surface area contributed by atoms with Crippen LogP contribution >= 0.6 is 0 Å². The number of Topliss-reactive ketones (excluding diaryl/α,β-unsaturated/α-hetero) is 1. The van der Waals surface area contributed by atoms with Crippen LogP contribution < -0.4 is 5.32 Å². The van der Waals surface area contributed by atoms with Crippen molar-refractivity contribution in [3.8, 4) is 11.1 Å². The van der Waals surface area contributed by atoms with Crippen molar-refractivity contribution in [2.75, 3.05) is 12.8 Å². The average Bonchev–Trinajstić information content (AvgIpc) is 3.19. The quantitative estimate of drug-likeness (QED) is 0.563. The Morgan fingerprint density at radius 2 is 1.62 bits per heavy atom. The molecule has 1 N–H and O–H groups in total. The topological polar surface area (TPSA) is 72.5 Å². The maximum absolute atomic E-state index is 12.9. The van der Waals surface area contributed by atoms with Crippen LogP contribution in [0.15, 0.2) is 48.5 Å². The van der Waals surface area contributed by atoms with Gasteiger partial charge in [0.15, 0.2) is 11.9 Å². The predicted octanol–water partition coefficient (Wildman–Crippen LogP) is 3.65. The summed E-state index contributed by atoms with van der Waals surface area (Å²) < 4.78 is 66.3. The lowest BCUT2D eigenvalue weighted by atomic mass is 9.97. The SMILES string of the molecule is CS(=O)(=O)OC(C(=O)c1ccc(-c2ccc(C(F)(F)F)cc2)cc1)C1CCCN1. The smallest absolute Gasteiger partial charge is 0.311 e. The zero-order valence-electron chi connectivity index (χ0n) is 15.6. The Morgan fingerprint density at radius 1 is 1.07 bits per heavy atom. The lowest BCUT2D eigenvalue weighted by Crippen LogP contribution is -2.43. The molecule has 0 amide bonds. The minimum Gasteiger partial charge on any atom is -0.311 e. The van der Waals surface area contributed by atoms with Crippen molar-refractivity contribution in [3.63, 3.8) is 0 Å². The van der Waals surface area contributed by atoms with Gasteiger partial charge in [0, 0.05) is 11.6 Å². The van der Waals surface area contributed by atoms with Crippen molar-refractivity contribution >= 4 is 15.9 Å². The fraction of sp³-hybridized carbons (Fsp3) is 0.350. The van der Waals surface area contributed by atoms with Crippen LogP contribution in [-0.4, -0.2) is 39.1 Å². The van der Waals surface area contributed by atoms with Gasteiger partial charge in [-0.15, -0.1) is 0 Å². The van der Waals surface area contributed by atoms with E-state index in [-0.39, 0.29) is 5.56 Å². The molecule has 1 aliphatic heterocycles. The zero-order chi connectivity index (χ0) is 21.2. The number of carbonyl (C=O) groups excluding carboxylic acids is 1. The molecule has 1 saturated heterocycles. The minimum absolute atomic E-state index is 0.267. The molecule has 5 nitrogen and oxygen atoms in total. The Bertz CT molecular complexity index is 964. The monoisotopic (exact) mass is 427 g/mol. The average molecular weight is 427 g/mol. The predicted molar refractivity (Wildman–Crippen MR) is 102 cm³/mol. The number of halogens is 3. The van der Waals surface area contributed by atoms with E-state index < -0.39 is 39.8 Å². The lowest BCUT2D eigenvalue weighted by molar-refractivity contribution is -0.137. The summed E-state index contributed by atoms with van der Waals surface area (Å²) in [5.74, 6) is -0.464. The first kappa shape index (κ1) is 21.5. The summed E-state index contributed by atoms with van der Waals surface area (Å²) in [6, 6.07) is 10.6. The zero-order valence-corrected chi connectivity index (χ0v) is 16.4. The second-order valence-corrected chi connectivity index (χ2v) is 8.54. The molecule has 29 heavy (non-hydrogen) atoms. The number of nitrogens with one attached hydrogen (secondary N) is 1. The van der Waals surface area contributed by atoms with Crippen LogP contribution in [0.25, 0.3) is 11.1 Å². The second-order valence-electron chi connectivity index (χ2n) is 6.94. The van der Waals surface area contributed by atoms with E-state index in [1.807, 2.05) is 0 Å². The molecule has 1 heterocycles. The molecule has 1 fully saturated rings. The van der Waals surface area contributed by atoms with E-state index in [1.165, 1.54) is 24.3 Å². The molecular formula is C20H20F3NO4S. The van der Waals surface area contributed by atoms with E-state index in [9.17, 15) is 26.4 Å². The van der Waals surface area contributed by atoms with Crippen molar-refractivity contribution in [1.29, 1.82) is 0 Å². The van der Waals surface area contributed by atoms with Crippen LogP contribution in [0.1, 0.15) is 28.8 Å². The van der Waals surface area contributed by atoms with Crippen molar-refractivity contribution in [2.45, 2.75) is 31.2 Å². The van der Waals surface area contributed by atoms with Gasteiger partial charge in [-0.3, -0.25) is 8.98 Å². The van der Waals surface area contributed by atoms with Gasteiger partial charge in [-0.1, -0.05) is 36.4 Å². The summed E-state index contributed by atoms with van der Waals surface area (Å²) in [7, 11) is -3.83. The summed E-state index contributed by atoms with van der Waals surface area (Å²) in [6.07, 6.45) is -3.23. The molecule has 0 saturated carbocycles. The summed E-state index contributed by atoms with van der Waals surface area (Å²) in [5, 5.41) is 3.08. The van der Waals surface area contributed by atoms with Crippen LogP contribution in [0.4, 0.5) is 13.2 Å². The number of hydrogen-bond donors (Lipinski definition) is 1. The van der Waals surface area contributed by atoms with Crippen LogP contribution in [0, 0.1) is 0 Å². The number of ketones is 1. The maximum atomic E-state index is 12.9. The molecule has 1 aliphatic rings. The Morgan fingerprint density at radius 3 is 2.07 bits per heavy atom. The van der Waals surface area contributed by atoms with Crippen LogP contribution in [0.3, 0.4) is 0 Å². The van der Waals surface area contributed by atoms with Gasteiger partial charge >= 0.3 is 6.18 Å². The Balaban J connectivity index is 1.81. The molecule has 3 rings (SSSR count). The molecular weight excluding hydrogens is 407 g/mol. The van der Waals surface area contributed by atoms with Crippen LogP contribution in [-0.2, 0) is 20.5 Å². The minimum atomic E-state index is -4.41. The Hall–Kier alpha value is -2.23. The largest absolute Gasteiger partial charge is 0.416 e. The highest BCUT2D eigenvalue weighted by Gasteiger charge is 2.35. The molecule has 156 valence electrons. The van der Waals surface area contributed by atoms with Crippen LogP contribution in [0.5, 0.6) is 0 Å². The van der Waals surface area contributed by atoms with Gasteiger partial charge in [0.05, 0.1) is 11.8 Å². The highest BCUT2D eigenvalue weighted by atomic mass is 32.2. The first-order valence-corrected chi connectivity index (χ1v) is 10.8. The fourth-order valence-corrected chi connectivity index (χ4v) is 3.89. The first-order chi connectivity index (χ1) is 13.5. The normalized spacial score (nSPS) is 18.6. The number of rotatable bonds is 6. The van der Waals surface area contributed by atoms with Crippen LogP contribution in [0.2, 0.25) is 0 Å². The molecule has 2 unspecified atom stereocenters. The number of benzene rings is 2. The highest BCUT2D eigenvalue weighted by molar-refractivity contribution is 7.86. The number of carbonyl (C=O) groups is 1. The second kappa shape index (κ2) is 8.25. The molecule has 9 heteroatoms. The summed E-state index contributed by atoms with van der Waals surface area (Å²) in [5.41, 5.74) is 0.731. The van der Waals surface area contributed by atoms with Gasteiger partial charge in [0.25, 0.3) is 10.1 Å². The Labute approximate surface area is 167 Å². The van der Waals surface area contributed by atoms with Gasteiger partial charge in [-0.25, -0.2) is 0 Å². The van der Waals surface area contributed by atoms with Gasteiger partial charge in [-0.05, 0) is 42.6 Å². The molecule has 0 bridgehead atoms. The van der Waals surface area contributed by atoms with E-state index in [2.05, 4.69) is 5.32 Å². The van der Waals surface area contributed by atoms with E-state index >= 15 is 0 Å². The molecule has 0 spiro atoms. The molecule has 2 aromatic rings. The molecule has 0 aliphatic carbocycles. The number of alkyl halides is 3. The molecule has 0 radical (unpaired) electrons. The first-order valence-electron chi connectivity index (χ1n) is 8.98. The third-order valence-electron chi connectivity index (χ3n) is 4.72. The summed E-state index contributed by atoms with van der Waals surface area (Å²) in [4.78, 5) is 12.9. The van der Waals surface area contributed by atoms with E-state index in [0.29, 0.717) is 24.1 Å². The fourth-order valence-electron chi connectivity index (χ4n) is 3.29. The van der Waals surface area contributed by atoms with Crippen molar-refractivity contribution in [2.24, 2.45) is 0 Å². The van der Waals surface area contributed by atoms with Crippen molar-refractivity contribution in [1.82, 2.24) is 5.32 Å². The van der Waals surface area contributed by atoms with Crippen molar-refractivity contribution < 1.29 is 30.6 Å². The van der Waals surface area contributed by atoms with Gasteiger partial charge in [0.2, 0.25) is 0 Å². The van der Waals surface area contributed by atoms with E-state index in [1.54, 1.807) is 12.1 Å². The third-order valence-corrected chi connectivity index (χ3v) is 5.27. The molecule has 2 atom stereocenters. The van der Waals surface area contributed by atoms with Crippen molar-refractivity contribution in [3.05, 3.63) is 59.7 Å². The molecule has 0 aromatic heterocycles. The van der Waals surface area contributed by atoms with E-state index in [4.69, 9.17) is 4.18 Å². The summed E-state index contributed by atoms with van der Waals surface area (Å²) >= 11 is 0. The highest BCUT2D eigenvalue weighted by Crippen LogP contribution is 2.31. The standard InChI is InChI=1S/C20H20F3NO4S/c1-29(26,27)28-19(17-3-2-12-24-17)18(25)15-6-4-13(5-7-15)14-8-10-16(11-9-14)20(21,22)23/h4-11,17,19,24H,2-3,12H2,1H3. The lowest BCUT2D eigenvalue weighted by Gasteiger charge is -2.21. The molecule has 2 aromatic carbocycles.